The van der Waals surface area contributed by atoms with Gasteiger partial charge in [0.25, 0.3) is 0 Å². The first-order valence-electron chi connectivity index (χ1n) is 5.72. The van der Waals surface area contributed by atoms with Crippen molar-refractivity contribution in [3.05, 3.63) is 62.5 Å². The van der Waals surface area contributed by atoms with Crippen LogP contribution in [0.25, 0.3) is 0 Å². The predicted octanol–water partition coefficient (Wildman–Crippen LogP) is 3.07. The Bertz CT molecular complexity index is 619. The SMILES string of the molecule is Cc1ccc(CNc2ccc(=O)n(C)c2)c(Br)c1. The maximum Gasteiger partial charge on any atom is 0.250 e. The van der Waals surface area contributed by atoms with Crippen LogP contribution in [-0.2, 0) is 13.6 Å². The van der Waals surface area contributed by atoms with Crippen LogP contribution in [0.1, 0.15) is 11.1 Å². The molecule has 0 saturated heterocycles. The molecule has 0 bridgehead atoms. The van der Waals surface area contributed by atoms with Crippen LogP contribution in [0.3, 0.4) is 0 Å². The maximum absolute atomic E-state index is 11.3. The van der Waals surface area contributed by atoms with E-state index < -0.39 is 0 Å². The van der Waals surface area contributed by atoms with Crippen LogP contribution in [0.2, 0.25) is 0 Å². The van der Waals surface area contributed by atoms with E-state index in [0.717, 1.165) is 16.7 Å². The fourth-order valence-electron chi connectivity index (χ4n) is 1.69. The highest BCUT2D eigenvalue weighted by Crippen LogP contribution is 2.19. The molecule has 2 aromatic rings. The second-order valence-electron chi connectivity index (χ2n) is 4.32. The summed E-state index contributed by atoms with van der Waals surface area (Å²) in [6.07, 6.45) is 1.80. The van der Waals surface area contributed by atoms with Gasteiger partial charge >= 0.3 is 0 Å². The molecule has 0 saturated carbocycles. The molecule has 1 aromatic heterocycles. The van der Waals surface area contributed by atoms with Gasteiger partial charge in [0.1, 0.15) is 0 Å². The molecule has 0 radical (unpaired) electrons. The van der Waals surface area contributed by atoms with Crippen molar-refractivity contribution in [2.45, 2.75) is 13.5 Å². The monoisotopic (exact) mass is 306 g/mol. The molecule has 2 rings (SSSR count). The normalized spacial score (nSPS) is 10.4. The minimum Gasteiger partial charge on any atom is -0.380 e. The van der Waals surface area contributed by atoms with E-state index in [-0.39, 0.29) is 5.56 Å². The largest absolute Gasteiger partial charge is 0.380 e. The van der Waals surface area contributed by atoms with Crippen molar-refractivity contribution in [3.8, 4) is 0 Å². The van der Waals surface area contributed by atoms with E-state index >= 15 is 0 Å². The van der Waals surface area contributed by atoms with E-state index in [4.69, 9.17) is 0 Å². The number of halogens is 1. The van der Waals surface area contributed by atoms with E-state index in [1.807, 2.05) is 0 Å². The molecule has 1 aromatic carbocycles. The zero-order valence-electron chi connectivity index (χ0n) is 10.4. The van der Waals surface area contributed by atoms with Crippen LogP contribution < -0.4 is 10.9 Å². The Hall–Kier alpha value is -1.55. The molecule has 1 N–H and O–H groups in total. The summed E-state index contributed by atoms with van der Waals surface area (Å²) in [5.41, 5.74) is 3.35. The highest BCUT2D eigenvalue weighted by atomic mass is 79.9. The lowest BCUT2D eigenvalue weighted by Gasteiger charge is -2.09. The van der Waals surface area contributed by atoms with Gasteiger partial charge in [0.15, 0.2) is 0 Å². The summed E-state index contributed by atoms with van der Waals surface area (Å²) < 4.78 is 2.66. The van der Waals surface area contributed by atoms with Crippen molar-refractivity contribution >= 4 is 21.6 Å². The Labute approximate surface area is 115 Å². The number of benzene rings is 1. The minimum absolute atomic E-state index is 0.00272. The molecule has 94 valence electrons. The zero-order chi connectivity index (χ0) is 13.1. The number of aromatic nitrogens is 1. The number of aryl methyl sites for hydroxylation is 2. The summed E-state index contributed by atoms with van der Waals surface area (Å²) >= 11 is 3.55. The number of nitrogens with one attached hydrogen (secondary N) is 1. The smallest absolute Gasteiger partial charge is 0.250 e. The summed E-state index contributed by atoms with van der Waals surface area (Å²) in [5.74, 6) is 0. The van der Waals surface area contributed by atoms with Crippen molar-refractivity contribution in [1.29, 1.82) is 0 Å². The van der Waals surface area contributed by atoms with Gasteiger partial charge in [-0.2, -0.15) is 0 Å². The number of anilines is 1. The third-order valence-corrected chi connectivity index (χ3v) is 3.52. The average Bonchev–Trinajstić information content (AvgIpc) is 2.32. The summed E-state index contributed by atoms with van der Waals surface area (Å²) in [4.78, 5) is 11.3. The number of rotatable bonds is 3. The first-order valence-corrected chi connectivity index (χ1v) is 6.51. The van der Waals surface area contributed by atoms with Crippen molar-refractivity contribution in [2.24, 2.45) is 7.05 Å². The van der Waals surface area contributed by atoms with Gasteiger partial charge < -0.3 is 9.88 Å². The molecule has 0 spiro atoms. The van der Waals surface area contributed by atoms with Crippen molar-refractivity contribution in [3.63, 3.8) is 0 Å². The first kappa shape index (κ1) is 12.9. The molecule has 1 heterocycles. The molecule has 3 nitrogen and oxygen atoms in total. The van der Waals surface area contributed by atoms with Crippen molar-refractivity contribution < 1.29 is 0 Å². The van der Waals surface area contributed by atoms with Crippen LogP contribution in [0.15, 0.2) is 45.8 Å². The van der Waals surface area contributed by atoms with Gasteiger partial charge in [-0.15, -0.1) is 0 Å². The Morgan fingerprint density at radius 3 is 2.72 bits per heavy atom. The average molecular weight is 307 g/mol. The van der Waals surface area contributed by atoms with E-state index in [0.29, 0.717) is 0 Å². The third kappa shape index (κ3) is 3.01. The van der Waals surface area contributed by atoms with Crippen LogP contribution in [0, 0.1) is 6.92 Å². The van der Waals surface area contributed by atoms with Crippen molar-refractivity contribution in [1.82, 2.24) is 4.57 Å². The summed E-state index contributed by atoms with van der Waals surface area (Å²) in [6, 6.07) is 9.63. The number of pyridine rings is 1. The molecular weight excluding hydrogens is 292 g/mol. The Balaban J connectivity index is 2.11. The highest BCUT2D eigenvalue weighted by molar-refractivity contribution is 9.10. The van der Waals surface area contributed by atoms with Gasteiger partial charge in [-0.05, 0) is 30.2 Å². The predicted molar refractivity (Wildman–Crippen MR) is 77.9 cm³/mol. The van der Waals surface area contributed by atoms with Crippen molar-refractivity contribution in [2.75, 3.05) is 5.32 Å². The molecule has 0 unspecified atom stereocenters. The summed E-state index contributed by atoms with van der Waals surface area (Å²) in [5, 5.41) is 3.30. The van der Waals surface area contributed by atoms with E-state index in [1.165, 1.54) is 11.1 Å². The number of nitrogens with zero attached hydrogens (tertiary/aromatic N) is 1. The van der Waals surface area contributed by atoms with Crippen LogP contribution in [0.5, 0.6) is 0 Å². The fourth-order valence-corrected chi connectivity index (χ4v) is 2.32. The van der Waals surface area contributed by atoms with E-state index in [1.54, 1.807) is 29.9 Å². The molecule has 0 atom stereocenters. The molecular formula is C14H15BrN2O. The molecule has 18 heavy (non-hydrogen) atoms. The van der Waals surface area contributed by atoms with E-state index in [2.05, 4.69) is 46.4 Å². The fraction of sp³-hybridized carbons (Fsp3) is 0.214. The van der Waals surface area contributed by atoms with Gasteiger partial charge in [0.2, 0.25) is 5.56 Å². The Morgan fingerprint density at radius 2 is 2.06 bits per heavy atom. The summed E-state index contributed by atoms with van der Waals surface area (Å²) in [6.45, 7) is 2.79. The molecule has 4 heteroatoms. The quantitative estimate of drug-likeness (QED) is 0.945. The minimum atomic E-state index is -0.00272. The standard InChI is InChI=1S/C14H15BrN2O/c1-10-3-4-11(13(15)7-10)8-16-12-5-6-14(18)17(2)9-12/h3-7,9,16H,8H2,1-2H3. The Kier molecular flexibility index (Phi) is 3.87. The van der Waals surface area contributed by atoms with Gasteiger partial charge in [-0.3, -0.25) is 4.79 Å². The van der Waals surface area contributed by atoms with Crippen LogP contribution >= 0.6 is 15.9 Å². The molecule has 0 fully saturated rings. The highest BCUT2D eigenvalue weighted by Gasteiger charge is 2.00. The third-order valence-electron chi connectivity index (χ3n) is 2.78. The topological polar surface area (TPSA) is 34.0 Å². The second-order valence-corrected chi connectivity index (χ2v) is 5.17. The lowest BCUT2D eigenvalue weighted by atomic mass is 10.1. The lowest BCUT2D eigenvalue weighted by Crippen LogP contribution is -2.15. The van der Waals surface area contributed by atoms with Gasteiger partial charge in [0, 0.05) is 30.3 Å². The molecule has 0 aliphatic rings. The number of hydrogen-bond acceptors (Lipinski definition) is 2. The van der Waals surface area contributed by atoms with E-state index in [9.17, 15) is 4.79 Å². The maximum atomic E-state index is 11.3. The first-order chi connectivity index (χ1) is 8.56. The van der Waals surface area contributed by atoms with Gasteiger partial charge in [-0.25, -0.2) is 0 Å². The zero-order valence-corrected chi connectivity index (χ0v) is 12.0. The lowest BCUT2D eigenvalue weighted by molar-refractivity contribution is 0.859. The second kappa shape index (κ2) is 5.40. The van der Waals surface area contributed by atoms with Gasteiger partial charge in [0.05, 0.1) is 5.69 Å². The number of hydrogen-bond donors (Lipinski definition) is 1. The van der Waals surface area contributed by atoms with Gasteiger partial charge in [-0.1, -0.05) is 28.1 Å². The molecule has 0 amide bonds. The van der Waals surface area contributed by atoms with Crippen LogP contribution in [-0.4, -0.2) is 4.57 Å². The Morgan fingerprint density at radius 1 is 1.28 bits per heavy atom. The van der Waals surface area contributed by atoms with Crippen LogP contribution in [0.4, 0.5) is 5.69 Å². The summed E-state index contributed by atoms with van der Waals surface area (Å²) in [7, 11) is 1.75. The molecule has 0 aliphatic heterocycles. The molecule has 0 aliphatic carbocycles.